The number of sulfone groups is 1. The maximum absolute atomic E-state index is 13.1. The lowest BCUT2D eigenvalue weighted by Gasteiger charge is -2.07. The van der Waals surface area contributed by atoms with Gasteiger partial charge in [-0.3, -0.25) is 0 Å². The van der Waals surface area contributed by atoms with Gasteiger partial charge in [0.1, 0.15) is 9.90 Å². The molecule has 0 aliphatic carbocycles. The molecule has 1 aromatic heterocycles. The predicted molar refractivity (Wildman–Crippen MR) is 77.9 cm³/mol. The Hall–Kier alpha value is -1.74. The first-order chi connectivity index (χ1) is 9.85. The van der Waals surface area contributed by atoms with Crippen LogP contribution in [0.5, 0.6) is 0 Å². The van der Waals surface area contributed by atoms with E-state index in [9.17, 15) is 17.2 Å². The van der Waals surface area contributed by atoms with Gasteiger partial charge in [-0.15, -0.1) is 0 Å². The van der Waals surface area contributed by atoms with Gasteiger partial charge in [0.2, 0.25) is 0 Å². The van der Waals surface area contributed by atoms with Crippen LogP contribution in [0.2, 0.25) is 0 Å². The maximum atomic E-state index is 13.1. The fourth-order valence-corrected chi connectivity index (χ4v) is 3.85. The van der Waals surface area contributed by atoms with E-state index in [-0.39, 0.29) is 23.0 Å². The molecule has 0 aliphatic rings. The van der Waals surface area contributed by atoms with Crippen molar-refractivity contribution >= 4 is 32.2 Å². The van der Waals surface area contributed by atoms with Gasteiger partial charge in [-0.25, -0.2) is 17.2 Å². The average molecular weight is 333 g/mol. The van der Waals surface area contributed by atoms with E-state index in [2.05, 4.69) is 9.69 Å². The molecule has 2 aromatic rings. The first-order valence-corrected chi connectivity index (χ1v) is 8.43. The number of nitrogens with two attached hydrogens (primary N) is 1. The average Bonchev–Trinajstić information content (AvgIpc) is 2.82. The Bertz CT molecular complexity index is 760. The number of hydrogen-bond acceptors (Lipinski definition) is 6. The summed E-state index contributed by atoms with van der Waals surface area (Å²) in [5.74, 6) is -2.06. The van der Waals surface area contributed by atoms with E-state index in [1.807, 2.05) is 0 Å². The molecule has 0 atom stereocenters. The Morgan fingerprint density at radius 2 is 2.05 bits per heavy atom. The van der Waals surface area contributed by atoms with E-state index >= 15 is 0 Å². The molecule has 5 nitrogen and oxygen atoms in total. The summed E-state index contributed by atoms with van der Waals surface area (Å²) in [5, 5.41) is 3.14. The number of hydrogen-bond donors (Lipinski definition) is 2. The third-order valence-electron chi connectivity index (χ3n) is 2.80. The quantitative estimate of drug-likeness (QED) is 0.878. The van der Waals surface area contributed by atoms with Gasteiger partial charge in [0.05, 0.1) is 5.75 Å². The van der Waals surface area contributed by atoms with Crippen molar-refractivity contribution in [3.63, 3.8) is 0 Å². The molecule has 0 aliphatic heterocycles. The van der Waals surface area contributed by atoms with Crippen molar-refractivity contribution in [1.29, 1.82) is 0 Å². The molecule has 1 heterocycles. The highest BCUT2D eigenvalue weighted by molar-refractivity contribution is 7.91. The number of rotatable bonds is 5. The second-order valence-electron chi connectivity index (χ2n) is 4.23. The third kappa shape index (κ3) is 3.30. The molecule has 114 valence electrons. The monoisotopic (exact) mass is 333 g/mol. The Morgan fingerprint density at radius 1 is 1.33 bits per heavy atom. The SMILES string of the molecule is CCS(=O)(=O)c1c(N)nsc1NCc1ccc(F)c(F)c1. The van der Waals surface area contributed by atoms with E-state index in [0.29, 0.717) is 10.6 Å². The van der Waals surface area contributed by atoms with E-state index < -0.39 is 21.5 Å². The third-order valence-corrected chi connectivity index (χ3v) is 5.55. The lowest BCUT2D eigenvalue weighted by molar-refractivity contribution is 0.507. The number of nitrogens with zero attached hydrogens (tertiary/aromatic N) is 1. The van der Waals surface area contributed by atoms with Gasteiger partial charge in [-0.1, -0.05) is 13.0 Å². The molecule has 9 heteroatoms. The summed E-state index contributed by atoms with van der Waals surface area (Å²) in [6, 6.07) is 3.46. The van der Waals surface area contributed by atoms with Crippen LogP contribution in [0, 0.1) is 11.6 Å². The van der Waals surface area contributed by atoms with Crippen molar-refractivity contribution in [2.24, 2.45) is 0 Å². The lowest BCUT2D eigenvalue weighted by Crippen LogP contribution is -2.09. The molecule has 3 N–H and O–H groups in total. The van der Waals surface area contributed by atoms with Gasteiger partial charge in [0.25, 0.3) is 0 Å². The van der Waals surface area contributed by atoms with Gasteiger partial charge in [-0.05, 0) is 29.2 Å². The van der Waals surface area contributed by atoms with Crippen LogP contribution >= 0.6 is 11.5 Å². The van der Waals surface area contributed by atoms with E-state index in [1.54, 1.807) is 0 Å². The second kappa shape index (κ2) is 5.94. The topological polar surface area (TPSA) is 85.1 Å². The molecule has 2 rings (SSSR count). The predicted octanol–water partition coefficient (Wildman–Crippen LogP) is 2.41. The molecular formula is C12H13F2N3O2S2. The minimum Gasteiger partial charge on any atom is -0.382 e. The lowest BCUT2D eigenvalue weighted by atomic mass is 10.2. The molecule has 0 radical (unpaired) electrons. The van der Waals surface area contributed by atoms with Crippen molar-refractivity contribution in [1.82, 2.24) is 4.37 Å². The van der Waals surface area contributed by atoms with Crippen LogP contribution in [0.3, 0.4) is 0 Å². The summed E-state index contributed by atoms with van der Waals surface area (Å²) >= 11 is 0.912. The molecule has 0 saturated heterocycles. The maximum Gasteiger partial charge on any atom is 0.184 e. The van der Waals surface area contributed by atoms with Crippen molar-refractivity contribution in [3.8, 4) is 0 Å². The van der Waals surface area contributed by atoms with Crippen LogP contribution in [-0.4, -0.2) is 18.5 Å². The summed E-state index contributed by atoms with van der Waals surface area (Å²) in [7, 11) is -3.51. The highest BCUT2D eigenvalue weighted by Gasteiger charge is 2.23. The molecule has 0 bridgehead atoms. The Balaban J connectivity index is 2.23. The first-order valence-electron chi connectivity index (χ1n) is 6.01. The standard InChI is InChI=1S/C12H13F2N3O2S2/c1-2-21(18,19)10-11(15)17-20-12(10)16-6-7-3-4-8(13)9(14)5-7/h3-5,16H,2,6H2,1H3,(H2,15,17). The van der Waals surface area contributed by atoms with Crippen molar-refractivity contribution in [3.05, 3.63) is 35.4 Å². The largest absolute Gasteiger partial charge is 0.382 e. The number of benzene rings is 1. The first kappa shape index (κ1) is 15.6. The summed E-state index contributed by atoms with van der Waals surface area (Å²) in [4.78, 5) is -0.0439. The zero-order chi connectivity index (χ0) is 15.6. The number of aromatic nitrogens is 1. The highest BCUT2D eigenvalue weighted by atomic mass is 32.2. The molecule has 0 saturated carbocycles. The van der Waals surface area contributed by atoms with Crippen molar-refractivity contribution in [2.45, 2.75) is 18.4 Å². The Kier molecular flexibility index (Phi) is 4.43. The number of halogens is 2. The summed E-state index contributed by atoms with van der Waals surface area (Å²) in [6.07, 6.45) is 0. The number of nitrogens with one attached hydrogen (secondary N) is 1. The second-order valence-corrected chi connectivity index (χ2v) is 7.22. The minimum atomic E-state index is -3.51. The molecule has 1 aromatic carbocycles. The van der Waals surface area contributed by atoms with E-state index in [4.69, 9.17) is 5.73 Å². The summed E-state index contributed by atoms with van der Waals surface area (Å²) < 4.78 is 53.7. The van der Waals surface area contributed by atoms with Crippen LogP contribution in [0.15, 0.2) is 23.1 Å². The fourth-order valence-electron chi connectivity index (χ4n) is 1.68. The van der Waals surface area contributed by atoms with Gasteiger partial charge >= 0.3 is 0 Å². The number of nitrogen functional groups attached to an aromatic ring is 1. The normalized spacial score (nSPS) is 11.6. The highest BCUT2D eigenvalue weighted by Crippen LogP contribution is 2.32. The summed E-state index contributed by atoms with van der Waals surface area (Å²) in [5.41, 5.74) is 6.06. The summed E-state index contributed by atoms with van der Waals surface area (Å²) in [6.45, 7) is 1.64. The van der Waals surface area contributed by atoms with Gasteiger partial charge in [0.15, 0.2) is 27.3 Å². The number of anilines is 2. The van der Waals surface area contributed by atoms with Crippen LogP contribution in [-0.2, 0) is 16.4 Å². The van der Waals surface area contributed by atoms with Crippen LogP contribution in [0.4, 0.5) is 19.6 Å². The molecule has 21 heavy (non-hydrogen) atoms. The van der Waals surface area contributed by atoms with Gasteiger partial charge in [-0.2, -0.15) is 4.37 Å². The Labute approximate surface area is 124 Å². The molecular weight excluding hydrogens is 320 g/mol. The van der Waals surface area contributed by atoms with Crippen LogP contribution in [0.1, 0.15) is 12.5 Å². The van der Waals surface area contributed by atoms with Crippen molar-refractivity contribution < 1.29 is 17.2 Å². The Morgan fingerprint density at radius 3 is 2.67 bits per heavy atom. The van der Waals surface area contributed by atoms with Crippen LogP contribution in [0.25, 0.3) is 0 Å². The molecule has 0 fully saturated rings. The zero-order valence-corrected chi connectivity index (χ0v) is 12.7. The van der Waals surface area contributed by atoms with Gasteiger partial charge in [0, 0.05) is 6.54 Å². The van der Waals surface area contributed by atoms with Crippen LogP contribution < -0.4 is 11.1 Å². The minimum absolute atomic E-state index is 0.0439. The van der Waals surface area contributed by atoms with Gasteiger partial charge < -0.3 is 11.1 Å². The molecule has 0 amide bonds. The van der Waals surface area contributed by atoms with E-state index in [0.717, 1.165) is 23.7 Å². The fraction of sp³-hybridized carbons (Fsp3) is 0.250. The van der Waals surface area contributed by atoms with Crippen molar-refractivity contribution in [2.75, 3.05) is 16.8 Å². The van der Waals surface area contributed by atoms with E-state index in [1.165, 1.54) is 13.0 Å². The molecule has 0 unspecified atom stereocenters. The zero-order valence-electron chi connectivity index (χ0n) is 11.1. The smallest absolute Gasteiger partial charge is 0.184 e. The molecule has 0 spiro atoms.